The number of aliphatic hydroxyl groups excluding tert-OH is 1. The van der Waals surface area contributed by atoms with Gasteiger partial charge in [0.15, 0.2) is 17.7 Å². The fourth-order valence-electron chi connectivity index (χ4n) is 4.86. The number of imidazole rings is 1. The van der Waals surface area contributed by atoms with Gasteiger partial charge in [0.05, 0.1) is 32.1 Å². The van der Waals surface area contributed by atoms with Gasteiger partial charge in [-0.25, -0.2) is 9.98 Å². The Kier molecular flexibility index (Phi) is 5.91. The molecule has 0 spiro atoms. The Morgan fingerprint density at radius 3 is 2.63 bits per heavy atom. The molecule has 1 amide bonds. The molecule has 1 aromatic carbocycles. The third kappa shape index (κ3) is 4.06. The molecule has 2 aromatic rings. The number of aromatic nitrogens is 2. The van der Waals surface area contributed by atoms with Crippen molar-refractivity contribution in [1.82, 2.24) is 19.8 Å². The van der Waals surface area contributed by atoms with E-state index in [1.807, 2.05) is 0 Å². The maximum atomic E-state index is 13.4. The number of ketones is 1. The van der Waals surface area contributed by atoms with E-state index >= 15 is 0 Å². The van der Waals surface area contributed by atoms with Crippen LogP contribution in [-0.4, -0.2) is 89.3 Å². The number of benzene rings is 1. The summed E-state index contributed by atoms with van der Waals surface area (Å²) in [4.78, 5) is 34.1. The predicted octanol–water partition coefficient (Wildman–Crippen LogP) is -0.482. The molecule has 17 heteroatoms. The number of nitrogens with one attached hydrogen (secondary N) is 1. The second kappa shape index (κ2) is 8.57. The Bertz CT molecular complexity index is 1430. The molecule has 0 aliphatic carbocycles. The molecule has 38 heavy (non-hydrogen) atoms. The summed E-state index contributed by atoms with van der Waals surface area (Å²) in [5, 5.41) is 13.6. The lowest BCUT2D eigenvalue weighted by Gasteiger charge is -2.37. The topological polar surface area (TPSA) is 178 Å². The van der Waals surface area contributed by atoms with Crippen molar-refractivity contribution in [2.75, 3.05) is 19.4 Å². The molecule has 0 radical (unpaired) electrons. The van der Waals surface area contributed by atoms with Gasteiger partial charge in [-0.3, -0.25) is 24.1 Å². The van der Waals surface area contributed by atoms with E-state index in [-0.39, 0.29) is 17.1 Å². The number of likely N-dealkylation sites (tertiary alicyclic amines) is 1. The number of halogens is 3. The molecule has 1 aromatic heterocycles. The summed E-state index contributed by atoms with van der Waals surface area (Å²) in [7, 11) is -4.09. The van der Waals surface area contributed by atoms with Crippen molar-refractivity contribution in [3.05, 3.63) is 47.9 Å². The lowest BCUT2D eigenvalue weighted by molar-refractivity contribution is -0.201. The van der Waals surface area contributed by atoms with Crippen LogP contribution in [0.4, 0.5) is 19.0 Å². The number of nitrogens with two attached hydrogens (primary N) is 1. The lowest BCUT2D eigenvalue weighted by Crippen LogP contribution is -2.57. The number of ether oxygens (including phenoxy) is 1. The number of aliphatic imine (C=N–C) groups is 1. The zero-order valence-electron chi connectivity index (χ0n) is 19.5. The van der Waals surface area contributed by atoms with E-state index in [0.29, 0.717) is 11.2 Å². The highest BCUT2D eigenvalue weighted by atomic mass is 32.2. The number of hydrogen-bond acceptors (Lipinski definition) is 11. The standard InChI is InChI=1S/C21H21F3N6O7S/c1-38(34,35)36-8-19-7-29(18(33)21(22,23)24)12(15(19)32)17(37-19)30-10-27-13-16(30)26-9-28-20(13,25)14(31)11-5-3-2-4-6-11/h2-6,9-10,12,15,17,32H,7-8,25H2,1H3,(H,26,28)/t12-,15+,17+,19+,20?/m0/s1. The monoisotopic (exact) mass is 558 g/mol. The van der Waals surface area contributed by atoms with Gasteiger partial charge in [0.25, 0.3) is 10.1 Å². The van der Waals surface area contributed by atoms with Crippen molar-refractivity contribution >= 4 is 34.0 Å². The first-order valence-electron chi connectivity index (χ1n) is 11.0. The molecule has 3 aliphatic heterocycles. The highest BCUT2D eigenvalue weighted by Crippen LogP contribution is 2.50. The third-order valence-electron chi connectivity index (χ3n) is 6.62. The van der Waals surface area contributed by atoms with Crippen molar-refractivity contribution in [2.45, 2.75) is 35.8 Å². The SMILES string of the molecule is CS(=O)(=O)OC[C@@]12CN(C(=O)C(F)(F)F)[C@H]([C@H](n3cnc4c3N=CNC4(N)C(=O)c3ccccc3)O1)[C@H]2O. The Balaban J connectivity index is 1.55. The minimum atomic E-state index is -5.29. The van der Waals surface area contributed by atoms with Crippen molar-refractivity contribution < 1.29 is 45.2 Å². The van der Waals surface area contributed by atoms with Crippen LogP contribution in [0.2, 0.25) is 0 Å². The van der Waals surface area contributed by atoms with E-state index in [1.165, 1.54) is 12.1 Å². The van der Waals surface area contributed by atoms with Gasteiger partial charge < -0.3 is 20.1 Å². The molecule has 4 N–H and O–H groups in total. The fraction of sp³-hybridized carbons (Fsp3) is 0.429. The van der Waals surface area contributed by atoms with E-state index in [0.717, 1.165) is 17.2 Å². The van der Waals surface area contributed by atoms with Crippen LogP contribution in [0.15, 0.2) is 41.7 Å². The minimum absolute atomic E-state index is 0.0844. The Morgan fingerprint density at radius 2 is 2.00 bits per heavy atom. The second-order valence-corrected chi connectivity index (χ2v) is 10.8. The minimum Gasteiger partial charge on any atom is -0.388 e. The molecule has 5 atom stereocenters. The highest BCUT2D eigenvalue weighted by molar-refractivity contribution is 7.85. The van der Waals surface area contributed by atoms with Gasteiger partial charge in [-0.15, -0.1) is 0 Å². The maximum absolute atomic E-state index is 13.4. The Hall–Kier alpha value is -3.38. The van der Waals surface area contributed by atoms with Crippen LogP contribution in [0, 0.1) is 0 Å². The summed E-state index contributed by atoms with van der Waals surface area (Å²) in [5.74, 6) is -2.93. The van der Waals surface area contributed by atoms with Gasteiger partial charge in [0.2, 0.25) is 5.78 Å². The summed E-state index contributed by atoms with van der Waals surface area (Å²) in [6, 6.07) is 6.38. The number of amides is 1. The number of hydrogen-bond donors (Lipinski definition) is 3. The maximum Gasteiger partial charge on any atom is 0.471 e. The quantitative estimate of drug-likeness (QED) is 0.310. The van der Waals surface area contributed by atoms with Crippen molar-refractivity contribution in [2.24, 2.45) is 10.7 Å². The zero-order chi connectivity index (χ0) is 27.7. The summed E-state index contributed by atoms with van der Waals surface area (Å²) >= 11 is 0. The molecule has 1 unspecified atom stereocenters. The molecular formula is C21H21F3N6O7S. The number of carbonyl (C=O) groups excluding carboxylic acids is 2. The van der Waals surface area contributed by atoms with E-state index in [9.17, 15) is 36.3 Å². The summed E-state index contributed by atoms with van der Waals surface area (Å²) in [5.41, 5.74) is 2.61. The van der Waals surface area contributed by atoms with Crippen LogP contribution < -0.4 is 11.1 Å². The number of nitrogens with zero attached hydrogens (tertiary/aromatic N) is 4. The number of fused-ring (bicyclic) bond motifs is 3. The first-order chi connectivity index (χ1) is 17.7. The second-order valence-electron chi connectivity index (χ2n) is 9.14. The van der Waals surface area contributed by atoms with Crippen molar-refractivity contribution in [1.29, 1.82) is 0 Å². The Labute approximate surface area is 213 Å². The van der Waals surface area contributed by atoms with Gasteiger partial charge >= 0.3 is 12.1 Å². The summed E-state index contributed by atoms with van der Waals surface area (Å²) in [6.07, 6.45) is -5.68. The first kappa shape index (κ1) is 26.2. The normalized spacial score (nSPS) is 30.3. The van der Waals surface area contributed by atoms with Gasteiger partial charge in [-0.1, -0.05) is 30.3 Å². The van der Waals surface area contributed by atoms with Gasteiger partial charge in [-0.05, 0) is 0 Å². The van der Waals surface area contributed by atoms with Gasteiger partial charge in [-0.2, -0.15) is 21.6 Å². The molecular weight excluding hydrogens is 537 g/mol. The molecule has 2 fully saturated rings. The highest BCUT2D eigenvalue weighted by Gasteiger charge is 2.68. The van der Waals surface area contributed by atoms with E-state index < -0.39 is 70.8 Å². The largest absolute Gasteiger partial charge is 0.471 e. The van der Waals surface area contributed by atoms with Gasteiger partial charge in [0.1, 0.15) is 23.4 Å². The van der Waals surface area contributed by atoms with Crippen molar-refractivity contribution in [3.63, 3.8) is 0 Å². The molecule has 2 bridgehead atoms. The molecule has 0 saturated carbocycles. The summed E-state index contributed by atoms with van der Waals surface area (Å²) < 4.78 is 75.1. The van der Waals surface area contributed by atoms with Crippen LogP contribution in [0.3, 0.4) is 0 Å². The number of rotatable bonds is 6. The lowest BCUT2D eigenvalue weighted by atomic mass is 9.94. The average Bonchev–Trinajstić information content (AvgIpc) is 3.50. The fourth-order valence-corrected chi connectivity index (χ4v) is 5.27. The molecule has 3 aliphatic rings. The number of aliphatic hydroxyl groups is 1. The van der Waals surface area contributed by atoms with Crippen LogP contribution in [0.25, 0.3) is 0 Å². The number of alkyl halides is 3. The van der Waals surface area contributed by atoms with E-state index in [1.54, 1.807) is 18.2 Å². The predicted molar refractivity (Wildman–Crippen MR) is 121 cm³/mol. The number of Topliss-reactive ketones (excluding diaryl/α,β-unsaturated/α-hetero) is 1. The number of carbonyl (C=O) groups is 2. The van der Waals surface area contributed by atoms with Crippen LogP contribution in [0.1, 0.15) is 22.3 Å². The third-order valence-corrected chi connectivity index (χ3v) is 7.16. The molecule has 4 heterocycles. The molecule has 204 valence electrons. The van der Waals surface area contributed by atoms with Crippen LogP contribution in [-0.2, 0) is 29.5 Å². The van der Waals surface area contributed by atoms with Crippen LogP contribution in [0.5, 0.6) is 0 Å². The average molecular weight is 558 g/mol. The van der Waals surface area contributed by atoms with E-state index in [2.05, 4.69) is 15.3 Å². The molecule has 5 rings (SSSR count). The first-order valence-corrected chi connectivity index (χ1v) is 12.8. The smallest absolute Gasteiger partial charge is 0.388 e. The summed E-state index contributed by atoms with van der Waals surface area (Å²) in [6.45, 7) is -1.66. The number of morpholine rings is 1. The molecule has 13 nitrogen and oxygen atoms in total. The molecule has 2 saturated heterocycles. The van der Waals surface area contributed by atoms with Gasteiger partial charge in [0, 0.05) is 5.56 Å². The Morgan fingerprint density at radius 1 is 1.32 bits per heavy atom. The zero-order valence-corrected chi connectivity index (χ0v) is 20.3. The van der Waals surface area contributed by atoms with Crippen LogP contribution >= 0.6 is 0 Å². The van der Waals surface area contributed by atoms with E-state index in [4.69, 9.17) is 14.7 Å². The van der Waals surface area contributed by atoms with Crippen molar-refractivity contribution in [3.8, 4) is 0 Å².